The van der Waals surface area contributed by atoms with E-state index in [1.54, 1.807) is 0 Å². The summed E-state index contributed by atoms with van der Waals surface area (Å²) in [5, 5.41) is 0. The van der Waals surface area contributed by atoms with Crippen LogP contribution in [0.5, 0.6) is 0 Å². The van der Waals surface area contributed by atoms with Gasteiger partial charge in [0.15, 0.2) is 6.10 Å². The number of nitrogens with zero attached hydrogens (tertiary/aromatic N) is 1. The fraction of sp³-hybridized carbons (Fsp3) is 0.841. The third-order valence-corrected chi connectivity index (χ3v) is 20.2. The third kappa shape index (κ3) is 82.4. The highest BCUT2D eigenvalue weighted by Crippen LogP contribution is 2.38. The van der Waals surface area contributed by atoms with E-state index in [4.69, 9.17) is 18.5 Å². The van der Waals surface area contributed by atoms with Crippen LogP contribution in [0, 0.1) is 0 Å². The molecule has 0 spiro atoms. The molecule has 10 heteroatoms. The highest BCUT2D eigenvalue weighted by atomic mass is 31.2. The van der Waals surface area contributed by atoms with Crippen molar-refractivity contribution < 1.29 is 42.1 Å². The normalized spacial score (nSPS) is 13.3. The van der Waals surface area contributed by atoms with Gasteiger partial charge in [-0.1, -0.05) is 401 Å². The third-order valence-electron chi connectivity index (χ3n) is 19.2. The molecule has 574 valence electrons. The second kappa shape index (κ2) is 78.6. The number of likely N-dealkylation sites (N-methyl/N-ethyl adjacent to an activating group) is 1. The van der Waals surface area contributed by atoms with Gasteiger partial charge in [-0.25, -0.2) is 0 Å². The summed E-state index contributed by atoms with van der Waals surface area (Å²) < 4.78 is 34.5. The first-order chi connectivity index (χ1) is 48.0. The molecule has 0 N–H and O–H groups in total. The molecule has 0 aromatic carbocycles. The molecule has 0 rings (SSSR count). The number of carbonyl (C=O) groups is 2. The SMILES string of the molecule is CC/C=C\C/C=C\C/C=C\C/C=C\C/C=C\CCCCCCCCCCCCCCCCCCCC(=O)OC(COC(=O)CCCCCCCCCCCCCCCCCCCCCCCCCCCCCCC/C=C\CCCCCCCCCC)COP(=O)([O-])OCC[N+](C)(C)C. The molecule has 0 aromatic rings. The summed E-state index contributed by atoms with van der Waals surface area (Å²) in [6.07, 6.45) is 108. The lowest BCUT2D eigenvalue weighted by molar-refractivity contribution is -0.870. The van der Waals surface area contributed by atoms with Gasteiger partial charge < -0.3 is 27.9 Å². The lowest BCUT2D eigenvalue weighted by Gasteiger charge is -2.28. The first-order valence-corrected chi connectivity index (χ1v) is 44.1. The van der Waals surface area contributed by atoms with E-state index >= 15 is 0 Å². The molecule has 0 radical (unpaired) electrons. The Morgan fingerprint density at radius 1 is 0.327 bits per heavy atom. The Labute approximate surface area is 609 Å². The van der Waals surface area contributed by atoms with E-state index in [1.807, 2.05) is 21.1 Å². The molecular weight excluding hydrogens is 1230 g/mol. The predicted octanol–water partition coefficient (Wildman–Crippen LogP) is 28.0. The van der Waals surface area contributed by atoms with Gasteiger partial charge in [-0.2, -0.15) is 0 Å². The maximum absolute atomic E-state index is 12.9. The number of phosphoric ester groups is 1. The van der Waals surface area contributed by atoms with Crippen molar-refractivity contribution in [2.24, 2.45) is 0 Å². The van der Waals surface area contributed by atoms with Gasteiger partial charge in [0, 0.05) is 12.8 Å². The standard InChI is InChI=1S/C88H164NO8P/c1-6-8-10-12-14-16-18-20-22-24-26-28-30-32-34-36-38-40-41-42-43-44-45-46-47-49-50-52-54-56-58-60-62-64-66-68-70-72-74-76-78-80-87(90)94-84-86(85-96-98(92,93)95-83-82-89(3,4)5)97-88(91)81-79-77-75-73-71-69-67-65-63-61-59-57-55-53-51-48-39-37-35-33-31-29-27-25-23-21-19-17-15-13-11-9-7-2/h9,11,15,17,21,23-24,26-27,29,33,35,86H,6-8,10,12-14,16,18-20,22,25,28,30-32,34,36-85H2,1-5H3/b11-9-,17-15-,23-21-,26-24-,29-27-,35-33-. The van der Waals surface area contributed by atoms with Crippen LogP contribution in [0.15, 0.2) is 72.9 Å². The largest absolute Gasteiger partial charge is 0.756 e. The number of ether oxygens (including phenoxy) is 2. The van der Waals surface area contributed by atoms with Crippen molar-refractivity contribution in [3.8, 4) is 0 Å². The molecule has 0 aliphatic rings. The highest BCUT2D eigenvalue weighted by molar-refractivity contribution is 7.45. The molecule has 0 amide bonds. The number of esters is 2. The average Bonchev–Trinajstić information content (AvgIpc) is 1.08. The predicted molar refractivity (Wildman–Crippen MR) is 425 cm³/mol. The van der Waals surface area contributed by atoms with E-state index < -0.39 is 26.5 Å². The molecule has 0 aliphatic heterocycles. The fourth-order valence-electron chi connectivity index (χ4n) is 12.7. The van der Waals surface area contributed by atoms with Crippen LogP contribution in [-0.4, -0.2) is 70.0 Å². The van der Waals surface area contributed by atoms with Crippen molar-refractivity contribution in [1.29, 1.82) is 0 Å². The molecule has 0 heterocycles. The molecular formula is C88H164NO8P. The number of carbonyl (C=O) groups excluding carboxylic acids is 2. The number of quaternary nitrogens is 1. The zero-order chi connectivity index (χ0) is 71.1. The van der Waals surface area contributed by atoms with Crippen molar-refractivity contribution in [1.82, 2.24) is 0 Å². The number of phosphoric acid groups is 1. The van der Waals surface area contributed by atoms with Crippen LogP contribution in [0.2, 0.25) is 0 Å². The van der Waals surface area contributed by atoms with Crippen LogP contribution in [0.4, 0.5) is 0 Å². The maximum Gasteiger partial charge on any atom is 0.306 e. The number of rotatable bonds is 80. The molecule has 2 unspecified atom stereocenters. The van der Waals surface area contributed by atoms with Crippen LogP contribution in [0.3, 0.4) is 0 Å². The van der Waals surface area contributed by atoms with Crippen molar-refractivity contribution in [2.75, 3.05) is 47.5 Å². The summed E-state index contributed by atoms with van der Waals surface area (Å²) in [5.74, 6) is -0.812. The summed E-state index contributed by atoms with van der Waals surface area (Å²) in [7, 11) is 1.18. The average molecular weight is 1400 g/mol. The van der Waals surface area contributed by atoms with E-state index in [9.17, 15) is 19.0 Å². The van der Waals surface area contributed by atoms with E-state index in [1.165, 1.54) is 321 Å². The monoisotopic (exact) mass is 1390 g/mol. The molecule has 0 bridgehead atoms. The second-order valence-electron chi connectivity index (χ2n) is 30.2. The smallest absolute Gasteiger partial charge is 0.306 e. The van der Waals surface area contributed by atoms with Crippen LogP contribution in [-0.2, 0) is 32.7 Å². The van der Waals surface area contributed by atoms with Gasteiger partial charge in [-0.15, -0.1) is 0 Å². The Kier molecular flexibility index (Phi) is 76.5. The van der Waals surface area contributed by atoms with Gasteiger partial charge in [-0.3, -0.25) is 14.2 Å². The van der Waals surface area contributed by atoms with Crippen LogP contribution < -0.4 is 4.89 Å². The summed E-state index contributed by atoms with van der Waals surface area (Å²) in [6, 6.07) is 0. The molecule has 9 nitrogen and oxygen atoms in total. The van der Waals surface area contributed by atoms with Crippen molar-refractivity contribution >= 4 is 19.8 Å². The Bertz CT molecular complexity index is 1890. The zero-order valence-corrected chi connectivity index (χ0v) is 66.6. The number of hydrogen-bond acceptors (Lipinski definition) is 8. The minimum atomic E-state index is -4.65. The molecule has 98 heavy (non-hydrogen) atoms. The Balaban J connectivity index is 3.87. The van der Waals surface area contributed by atoms with E-state index in [0.717, 1.165) is 70.6 Å². The van der Waals surface area contributed by atoms with Crippen molar-refractivity contribution in [3.63, 3.8) is 0 Å². The summed E-state index contributed by atoms with van der Waals surface area (Å²) >= 11 is 0. The van der Waals surface area contributed by atoms with Crippen molar-refractivity contribution in [2.45, 2.75) is 431 Å². The second-order valence-corrected chi connectivity index (χ2v) is 31.6. The number of unbranched alkanes of at least 4 members (excludes halogenated alkanes) is 54. The lowest BCUT2D eigenvalue weighted by Crippen LogP contribution is -2.37. The van der Waals surface area contributed by atoms with Gasteiger partial charge in [0.2, 0.25) is 0 Å². The summed E-state index contributed by atoms with van der Waals surface area (Å²) in [5.41, 5.74) is 0. The van der Waals surface area contributed by atoms with Crippen LogP contribution >= 0.6 is 7.82 Å². The Hall–Kier alpha value is -2.55. The molecule has 2 atom stereocenters. The maximum atomic E-state index is 12.9. The first kappa shape index (κ1) is 95.5. The first-order valence-electron chi connectivity index (χ1n) is 42.6. The Morgan fingerprint density at radius 3 is 0.878 bits per heavy atom. The van der Waals surface area contributed by atoms with Crippen LogP contribution in [0.25, 0.3) is 0 Å². The van der Waals surface area contributed by atoms with Crippen LogP contribution in [0.1, 0.15) is 425 Å². The quantitative estimate of drug-likeness (QED) is 0.0195. The number of allylic oxidation sites excluding steroid dienone is 12. The molecule has 0 aromatic heterocycles. The Morgan fingerprint density at radius 2 is 0.582 bits per heavy atom. The molecule has 0 saturated heterocycles. The molecule has 0 aliphatic carbocycles. The zero-order valence-electron chi connectivity index (χ0n) is 65.7. The number of hydrogen-bond donors (Lipinski definition) is 0. The van der Waals surface area contributed by atoms with E-state index in [0.29, 0.717) is 17.4 Å². The van der Waals surface area contributed by atoms with Gasteiger partial charge >= 0.3 is 11.9 Å². The van der Waals surface area contributed by atoms with Gasteiger partial charge in [-0.05, 0) is 83.5 Å². The summed E-state index contributed by atoms with van der Waals surface area (Å²) in [6.45, 7) is 4.19. The highest BCUT2D eigenvalue weighted by Gasteiger charge is 2.22. The molecule has 0 fully saturated rings. The van der Waals surface area contributed by atoms with E-state index in [-0.39, 0.29) is 32.0 Å². The minimum Gasteiger partial charge on any atom is -0.756 e. The van der Waals surface area contributed by atoms with Crippen molar-refractivity contribution in [3.05, 3.63) is 72.9 Å². The topological polar surface area (TPSA) is 111 Å². The lowest BCUT2D eigenvalue weighted by atomic mass is 10.0. The molecule has 0 saturated carbocycles. The van der Waals surface area contributed by atoms with Gasteiger partial charge in [0.1, 0.15) is 19.8 Å². The fourth-order valence-corrected chi connectivity index (χ4v) is 13.5. The van der Waals surface area contributed by atoms with Gasteiger partial charge in [0.05, 0.1) is 27.7 Å². The minimum absolute atomic E-state index is 0.0295. The van der Waals surface area contributed by atoms with Gasteiger partial charge in [0.25, 0.3) is 7.82 Å². The van der Waals surface area contributed by atoms with E-state index in [2.05, 4.69) is 86.8 Å². The summed E-state index contributed by atoms with van der Waals surface area (Å²) in [4.78, 5) is 38.2.